The van der Waals surface area contributed by atoms with Crippen molar-refractivity contribution in [3.8, 4) is 0 Å². The molecule has 0 bridgehead atoms. The van der Waals surface area contributed by atoms with Crippen LogP contribution >= 0.6 is 23.4 Å². The molecule has 1 aliphatic rings. The number of nitrogens with one attached hydrogen (secondary N) is 1. The quantitative estimate of drug-likeness (QED) is 0.889. The lowest BCUT2D eigenvalue weighted by Crippen LogP contribution is -2.26. The van der Waals surface area contributed by atoms with Gasteiger partial charge in [-0.2, -0.15) is 11.8 Å². The van der Waals surface area contributed by atoms with E-state index >= 15 is 0 Å². The molecule has 94 valence electrons. The van der Waals surface area contributed by atoms with E-state index in [1.54, 1.807) is 6.07 Å². The number of rotatable bonds is 4. The zero-order valence-electron chi connectivity index (χ0n) is 9.88. The van der Waals surface area contributed by atoms with Crippen molar-refractivity contribution in [3.05, 3.63) is 34.6 Å². The fourth-order valence-electron chi connectivity index (χ4n) is 2.01. The van der Waals surface area contributed by atoms with E-state index in [0.29, 0.717) is 0 Å². The van der Waals surface area contributed by atoms with Gasteiger partial charge in [-0.1, -0.05) is 17.7 Å². The predicted octanol–water partition coefficient (Wildman–Crippen LogP) is 4.03. The Morgan fingerprint density at radius 3 is 3.06 bits per heavy atom. The maximum atomic E-state index is 13.3. The second-order valence-corrected chi connectivity index (χ2v) is 6.25. The van der Waals surface area contributed by atoms with Gasteiger partial charge >= 0.3 is 0 Å². The number of halogens is 2. The highest BCUT2D eigenvalue weighted by Crippen LogP contribution is 2.26. The first kappa shape index (κ1) is 13.2. The van der Waals surface area contributed by atoms with Gasteiger partial charge in [-0.25, -0.2) is 4.39 Å². The predicted molar refractivity (Wildman–Crippen MR) is 73.3 cm³/mol. The molecule has 1 N–H and O–H groups in total. The maximum absolute atomic E-state index is 13.3. The van der Waals surface area contributed by atoms with Gasteiger partial charge in [0.25, 0.3) is 0 Å². The van der Waals surface area contributed by atoms with Gasteiger partial charge in [-0.05, 0) is 43.2 Å². The van der Waals surface area contributed by atoms with E-state index in [1.807, 2.05) is 17.8 Å². The molecule has 2 atom stereocenters. The summed E-state index contributed by atoms with van der Waals surface area (Å²) < 4.78 is 13.3. The van der Waals surface area contributed by atoms with E-state index in [-0.39, 0.29) is 16.9 Å². The Bertz CT molecular complexity index is 380. The van der Waals surface area contributed by atoms with E-state index in [2.05, 4.69) is 12.2 Å². The van der Waals surface area contributed by atoms with E-state index < -0.39 is 0 Å². The van der Waals surface area contributed by atoms with Crippen molar-refractivity contribution >= 4 is 23.4 Å². The van der Waals surface area contributed by atoms with Gasteiger partial charge in [0.05, 0.1) is 5.02 Å². The first-order valence-corrected chi connectivity index (χ1v) is 7.39. The molecule has 0 aliphatic carbocycles. The Morgan fingerprint density at radius 1 is 1.59 bits per heavy atom. The van der Waals surface area contributed by atoms with Crippen LogP contribution in [0.1, 0.15) is 31.4 Å². The second-order valence-electron chi connectivity index (χ2n) is 4.44. The molecular formula is C13H17ClFNS. The normalized spacial score (nSPS) is 21.7. The summed E-state index contributed by atoms with van der Waals surface area (Å²) >= 11 is 7.69. The molecule has 0 amide bonds. The monoisotopic (exact) mass is 273 g/mol. The lowest BCUT2D eigenvalue weighted by Gasteiger charge is -2.17. The molecule has 1 aromatic carbocycles. The number of hydrogen-bond donors (Lipinski definition) is 1. The fourth-order valence-corrected chi connectivity index (χ4v) is 3.34. The van der Waals surface area contributed by atoms with Gasteiger partial charge in [0.2, 0.25) is 0 Å². The van der Waals surface area contributed by atoms with Crippen LogP contribution in [0.2, 0.25) is 5.02 Å². The second kappa shape index (κ2) is 6.07. The molecule has 2 unspecified atom stereocenters. The molecule has 0 spiro atoms. The Kier molecular flexibility index (Phi) is 4.71. The van der Waals surface area contributed by atoms with Gasteiger partial charge in [-0.3, -0.25) is 0 Å². The largest absolute Gasteiger partial charge is 0.309 e. The standard InChI is InChI=1S/C13H17ClFNS/c1-9(16-8-11-3-2-6-17-11)10-4-5-12(14)13(15)7-10/h4-5,7,9,11,16H,2-3,6,8H2,1H3. The lowest BCUT2D eigenvalue weighted by molar-refractivity contribution is 0.553. The molecule has 0 radical (unpaired) electrons. The number of thioether (sulfide) groups is 1. The zero-order valence-corrected chi connectivity index (χ0v) is 11.5. The summed E-state index contributed by atoms with van der Waals surface area (Å²) in [7, 11) is 0. The number of hydrogen-bond acceptors (Lipinski definition) is 2. The molecule has 0 aromatic heterocycles. The fraction of sp³-hybridized carbons (Fsp3) is 0.538. The summed E-state index contributed by atoms with van der Waals surface area (Å²) in [5.74, 6) is 0.934. The minimum absolute atomic E-state index is 0.169. The van der Waals surface area contributed by atoms with Crippen molar-refractivity contribution in [2.24, 2.45) is 0 Å². The van der Waals surface area contributed by atoms with Crippen LogP contribution in [0.3, 0.4) is 0 Å². The highest BCUT2D eigenvalue weighted by atomic mass is 35.5. The molecule has 2 rings (SSSR count). The zero-order chi connectivity index (χ0) is 12.3. The Morgan fingerprint density at radius 2 is 2.41 bits per heavy atom. The van der Waals surface area contributed by atoms with E-state index in [9.17, 15) is 4.39 Å². The summed E-state index contributed by atoms with van der Waals surface area (Å²) in [5.41, 5.74) is 0.954. The van der Waals surface area contributed by atoms with Gasteiger partial charge in [0.1, 0.15) is 5.82 Å². The molecule has 4 heteroatoms. The van der Waals surface area contributed by atoms with Crippen molar-refractivity contribution in [1.29, 1.82) is 0 Å². The summed E-state index contributed by atoms with van der Waals surface area (Å²) in [6.45, 7) is 3.05. The molecule has 1 fully saturated rings. The average molecular weight is 274 g/mol. The summed E-state index contributed by atoms with van der Waals surface area (Å²) in [6, 6.07) is 5.18. The Balaban J connectivity index is 1.89. The van der Waals surface area contributed by atoms with Crippen LogP contribution in [-0.2, 0) is 0 Å². The van der Waals surface area contributed by atoms with Gasteiger partial charge < -0.3 is 5.32 Å². The highest BCUT2D eigenvalue weighted by molar-refractivity contribution is 8.00. The van der Waals surface area contributed by atoms with Crippen LogP contribution in [0, 0.1) is 5.82 Å². The van der Waals surface area contributed by atoms with Gasteiger partial charge in [-0.15, -0.1) is 0 Å². The molecule has 1 aromatic rings. The smallest absolute Gasteiger partial charge is 0.142 e. The first-order chi connectivity index (χ1) is 8.16. The van der Waals surface area contributed by atoms with Crippen LogP contribution < -0.4 is 5.32 Å². The van der Waals surface area contributed by atoms with Crippen molar-refractivity contribution in [2.45, 2.75) is 31.1 Å². The van der Waals surface area contributed by atoms with E-state index in [0.717, 1.165) is 17.4 Å². The van der Waals surface area contributed by atoms with Crippen molar-refractivity contribution < 1.29 is 4.39 Å². The average Bonchev–Trinajstić information content (AvgIpc) is 2.82. The maximum Gasteiger partial charge on any atom is 0.142 e. The molecule has 1 aliphatic heterocycles. The highest BCUT2D eigenvalue weighted by Gasteiger charge is 2.16. The lowest BCUT2D eigenvalue weighted by atomic mass is 10.1. The van der Waals surface area contributed by atoms with Crippen LogP contribution in [0.15, 0.2) is 18.2 Å². The molecule has 0 saturated carbocycles. The minimum atomic E-state index is -0.340. The third-order valence-corrected chi connectivity index (χ3v) is 4.82. The van der Waals surface area contributed by atoms with Crippen LogP contribution in [-0.4, -0.2) is 17.5 Å². The first-order valence-electron chi connectivity index (χ1n) is 5.97. The van der Waals surface area contributed by atoms with Gasteiger partial charge in [0.15, 0.2) is 0 Å². The molecular weight excluding hydrogens is 257 g/mol. The van der Waals surface area contributed by atoms with Crippen LogP contribution in [0.5, 0.6) is 0 Å². The molecule has 17 heavy (non-hydrogen) atoms. The molecule has 1 heterocycles. The van der Waals surface area contributed by atoms with Gasteiger partial charge in [0, 0.05) is 17.8 Å². The molecule has 1 nitrogen and oxygen atoms in total. The third-order valence-electron chi connectivity index (χ3n) is 3.12. The Hall–Kier alpha value is -0.250. The van der Waals surface area contributed by atoms with E-state index in [4.69, 9.17) is 11.6 Å². The summed E-state index contributed by atoms with van der Waals surface area (Å²) in [6.07, 6.45) is 2.61. The third kappa shape index (κ3) is 3.60. The van der Waals surface area contributed by atoms with Crippen molar-refractivity contribution in [2.75, 3.05) is 12.3 Å². The molecule has 1 saturated heterocycles. The SMILES string of the molecule is CC(NCC1CCCS1)c1ccc(Cl)c(F)c1. The van der Waals surface area contributed by atoms with Crippen LogP contribution in [0.4, 0.5) is 4.39 Å². The summed E-state index contributed by atoms with van der Waals surface area (Å²) in [5, 5.41) is 4.36. The number of benzene rings is 1. The summed E-state index contributed by atoms with van der Waals surface area (Å²) in [4.78, 5) is 0. The van der Waals surface area contributed by atoms with Crippen molar-refractivity contribution in [1.82, 2.24) is 5.32 Å². The van der Waals surface area contributed by atoms with Crippen molar-refractivity contribution in [3.63, 3.8) is 0 Å². The minimum Gasteiger partial charge on any atom is -0.309 e. The van der Waals surface area contributed by atoms with Crippen LogP contribution in [0.25, 0.3) is 0 Å². The van der Waals surface area contributed by atoms with E-state index in [1.165, 1.54) is 24.7 Å². The Labute approximate surface area is 111 Å². The topological polar surface area (TPSA) is 12.0 Å².